The monoisotopic (exact) mass is 504 g/mol. The summed E-state index contributed by atoms with van der Waals surface area (Å²) in [5.74, 6) is -1.14. The molecule has 4 N–H and O–H groups in total. The van der Waals surface area contributed by atoms with E-state index >= 15 is 0 Å². The minimum atomic E-state index is -4.06. The van der Waals surface area contributed by atoms with Crippen LogP contribution in [0.15, 0.2) is 96.0 Å². The molecule has 9 nitrogen and oxygen atoms in total. The van der Waals surface area contributed by atoms with Crippen molar-refractivity contribution in [2.75, 3.05) is 11.9 Å². The van der Waals surface area contributed by atoms with Crippen LogP contribution in [0.4, 0.5) is 5.82 Å². The average Bonchev–Trinajstić information content (AvgIpc) is 2.90. The van der Waals surface area contributed by atoms with Gasteiger partial charge in [-0.1, -0.05) is 42.5 Å². The summed E-state index contributed by atoms with van der Waals surface area (Å²) in [6.45, 7) is 0.168. The molecule has 1 aromatic heterocycles. The Hall–Kier alpha value is -4.28. The van der Waals surface area contributed by atoms with Gasteiger partial charge in [0, 0.05) is 24.8 Å². The predicted octanol–water partition coefficient (Wildman–Crippen LogP) is 3.01. The summed E-state index contributed by atoms with van der Waals surface area (Å²) < 4.78 is 27.1. The van der Waals surface area contributed by atoms with Gasteiger partial charge in [-0.3, -0.25) is 9.59 Å². The summed E-state index contributed by atoms with van der Waals surface area (Å²) in [4.78, 5) is 28.5. The second-order valence-electron chi connectivity index (χ2n) is 8.00. The summed E-state index contributed by atoms with van der Waals surface area (Å²) in [6.07, 6.45) is 1.71. The minimum absolute atomic E-state index is 0.0632. The number of fused-ring (bicyclic) bond motifs is 1. The Morgan fingerprint density at radius 1 is 0.889 bits per heavy atom. The molecule has 0 spiro atoms. The summed E-state index contributed by atoms with van der Waals surface area (Å²) in [5.41, 5.74) is 1.37. The Morgan fingerprint density at radius 2 is 1.61 bits per heavy atom. The zero-order chi connectivity index (χ0) is 25.5. The van der Waals surface area contributed by atoms with Gasteiger partial charge >= 0.3 is 5.97 Å². The van der Waals surface area contributed by atoms with Crippen molar-refractivity contribution in [3.63, 3.8) is 0 Å². The molecule has 10 heteroatoms. The van der Waals surface area contributed by atoms with Crippen LogP contribution in [0.5, 0.6) is 0 Å². The number of hydrogen-bond acceptors (Lipinski definition) is 6. The number of carboxylic acid groups (broad SMARTS) is 1. The molecule has 4 rings (SSSR count). The predicted molar refractivity (Wildman–Crippen MR) is 136 cm³/mol. The lowest BCUT2D eigenvalue weighted by molar-refractivity contribution is -0.138. The number of nitrogens with zero attached hydrogens (tertiary/aromatic N) is 1. The van der Waals surface area contributed by atoms with Crippen LogP contribution in [-0.4, -0.2) is 43.0 Å². The van der Waals surface area contributed by atoms with Crippen molar-refractivity contribution in [3.05, 3.63) is 102 Å². The number of aliphatic carboxylic acids is 1. The van der Waals surface area contributed by atoms with Gasteiger partial charge in [0.1, 0.15) is 11.9 Å². The lowest BCUT2D eigenvalue weighted by Gasteiger charge is -2.16. The van der Waals surface area contributed by atoms with E-state index in [1.165, 1.54) is 24.3 Å². The number of aromatic nitrogens is 1. The van der Waals surface area contributed by atoms with Gasteiger partial charge in [-0.05, 0) is 58.8 Å². The third-order valence-corrected chi connectivity index (χ3v) is 6.91. The Morgan fingerprint density at radius 3 is 2.33 bits per heavy atom. The van der Waals surface area contributed by atoms with E-state index in [0.717, 1.165) is 22.2 Å². The van der Waals surface area contributed by atoms with Crippen LogP contribution in [0.2, 0.25) is 0 Å². The molecule has 0 fully saturated rings. The number of nitrogens with one attached hydrogen (secondary N) is 3. The molecule has 0 aliphatic heterocycles. The van der Waals surface area contributed by atoms with Crippen molar-refractivity contribution in [1.29, 1.82) is 0 Å². The molecule has 1 amide bonds. The number of hydrogen-bond donors (Lipinski definition) is 4. The Kier molecular flexibility index (Phi) is 7.57. The van der Waals surface area contributed by atoms with E-state index in [2.05, 4.69) is 20.3 Å². The minimum Gasteiger partial charge on any atom is -0.480 e. The number of rotatable bonds is 10. The SMILES string of the molecule is O=C(NCC(NS(=O)(=O)c1ccccc1)C(=O)O)c1ccc2cc(CNc3ccccn3)ccc2c1. The Bertz CT molecular complexity index is 1480. The first-order chi connectivity index (χ1) is 17.3. The summed E-state index contributed by atoms with van der Waals surface area (Å²) >= 11 is 0. The number of pyridine rings is 1. The normalized spacial score (nSPS) is 12.1. The standard InChI is InChI=1S/C26H24N4O5S/c31-25(29-17-23(26(32)33)30-36(34,35)22-6-2-1-3-7-22)21-12-11-19-14-18(9-10-20(19)15-21)16-28-24-8-4-5-13-27-24/h1-15,23,30H,16-17H2,(H,27,28)(H,29,31)(H,32,33). The van der Waals surface area contributed by atoms with Crippen LogP contribution in [0.3, 0.4) is 0 Å². The van der Waals surface area contributed by atoms with Gasteiger partial charge in [0.15, 0.2) is 0 Å². The van der Waals surface area contributed by atoms with E-state index in [-0.39, 0.29) is 4.90 Å². The highest BCUT2D eigenvalue weighted by atomic mass is 32.2. The number of carbonyl (C=O) groups is 2. The van der Waals surface area contributed by atoms with Crippen molar-refractivity contribution in [3.8, 4) is 0 Å². The molecule has 1 heterocycles. The largest absolute Gasteiger partial charge is 0.480 e. The Labute approximate surface area is 208 Å². The molecule has 3 aromatic carbocycles. The average molecular weight is 505 g/mol. The number of sulfonamides is 1. The van der Waals surface area contributed by atoms with E-state index in [1.54, 1.807) is 30.5 Å². The van der Waals surface area contributed by atoms with Crippen molar-refractivity contribution in [2.24, 2.45) is 0 Å². The molecule has 4 aromatic rings. The van der Waals surface area contributed by atoms with Gasteiger partial charge in [0.05, 0.1) is 4.90 Å². The second kappa shape index (κ2) is 11.0. The molecule has 0 saturated carbocycles. The molecule has 184 valence electrons. The first-order valence-electron chi connectivity index (χ1n) is 11.1. The number of anilines is 1. The first kappa shape index (κ1) is 24.8. The fourth-order valence-corrected chi connectivity index (χ4v) is 4.75. The fourth-order valence-electron chi connectivity index (χ4n) is 3.54. The molecule has 0 bridgehead atoms. The number of benzene rings is 3. The second-order valence-corrected chi connectivity index (χ2v) is 9.71. The smallest absolute Gasteiger partial charge is 0.323 e. The van der Waals surface area contributed by atoms with Crippen LogP contribution in [0.1, 0.15) is 15.9 Å². The third kappa shape index (κ3) is 6.23. The lowest BCUT2D eigenvalue weighted by atomic mass is 10.0. The van der Waals surface area contributed by atoms with Gasteiger partial charge in [0.25, 0.3) is 5.91 Å². The van der Waals surface area contributed by atoms with Crippen molar-refractivity contribution >= 4 is 38.5 Å². The van der Waals surface area contributed by atoms with E-state index < -0.39 is 34.5 Å². The fraction of sp³-hybridized carbons (Fsp3) is 0.115. The Balaban J connectivity index is 1.40. The van der Waals surface area contributed by atoms with Crippen LogP contribution in [0, 0.1) is 0 Å². The quantitative estimate of drug-likeness (QED) is 0.260. The molecule has 1 unspecified atom stereocenters. The maximum absolute atomic E-state index is 12.7. The van der Waals surface area contributed by atoms with E-state index in [4.69, 9.17) is 0 Å². The molecule has 0 radical (unpaired) electrons. The van der Waals surface area contributed by atoms with Gasteiger partial charge in [-0.15, -0.1) is 0 Å². The highest BCUT2D eigenvalue weighted by molar-refractivity contribution is 7.89. The molecular formula is C26H24N4O5S. The van der Waals surface area contributed by atoms with Crippen LogP contribution in [-0.2, 0) is 21.4 Å². The maximum atomic E-state index is 12.7. The molecule has 0 aliphatic rings. The lowest BCUT2D eigenvalue weighted by Crippen LogP contribution is -2.48. The van der Waals surface area contributed by atoms with Gasteiger partial charge in [0.2, 0.25) is 10.0 Å². The van der Waals surface area contributed by atoms with Crippen LogP contribution < -0.4 is 15.4 Å². The first-order valence-corrected chi connectivity index (χ1v) is 12.6. The number of carbonyl (C=O) groups excluding carboxylic acids is 1. The van der Waals surface area contributed by atoms with Crippen LogP contribution in [0.25, 0.3) is 10.8 Å². The summed E-state index contributed by atoms with van der Waals surface area (Å²) in [7, 11) is -4.06. The zero-order valence-corrected chi connectivity index (χ0v) is 19.9. The summed E-state index contributed by atoms with van der Waals surface area (Å²) in [6, 6.07) is 22.5. The number of amides is 1. The zero-order valence-electron chi connectivity index (χ0n) is 19.1. The van der Waals surface area contributed by atoms with Gasteiger partial charge in [-0.2, -0.15) is 4.72 Å². The number of carboxylic acids is 1. The third-order valence-electron chi connectivity index (χ3n) is 5.42. The van der Waals surface area contributed by atoms with E-state index in [0.29, 0.717) is 12.1 Å². The van der Waals surface area contributed by atoms with Crippen molar-refractivity contribution in [2.45, 2.75) is 17.5 Å². The topological polar surface area (TPSA) is 137 Å². The molecule has 0 aliphatic carbocycles. The molecule has 0 saturated heterocycles. The van der Waals surface area contributed by atoms with E-state index in [1.807, 2.05) is 36.4 Å². The van der Waals surface area contributed by atoms with Crippen molar-refractivity contribution in [1.82, 2.24) is 15.0 Å². The molecule has 1 atom stereocenters. The molecule has 36 heavy (non-hydrogen) atoms. The van der Waals surface area contributed by atoms with Crippen LogP contribution >= 0.6 is 0 Å². The highest BCUT2D eigenvalue weighted by Gasteiger charge is 2.26. The highest BCUT2D eigenvalue weighted by Crippen LogP contribution is 2.19. The molecular weight excluding hydrogens is 480 g/mol. The maximum Gasteiger partial charge on any atom is 0.323 e. The van der Waals surface area contributed by atoms with Gasteiger partial charge < -0.3 is 15.7 Å². The van der Waals surface area contributed by atoms with Gasteiger partial charge in [-0.25, -0.2) is 13.4 Å². The summed E-state index contributed by atoms with van der Waals surface area (Å²) in [5, 5.41) is 17.0. The van der Waals surface area contributed by atoms with Crippen molar-refractivity contribution < 1.29 is 23.1 Å². The van der Waals surface area contributed by atoms with E-state index in [9.17, 15) is 23.1 Å².